The molecule has 1 aromatic heterocycles. The highest BCUT2D eigenvalue weighted by molar-refractivity contribution is 6.02. The monoisotopic (exact) mass is 404 g/mol. The number of nitrogens with one attached hydrogen (secondary N) is 2. The van der Waals surface area contributed by atoms with Crippen molar-refractivity contribution in [3.05, 3.63) is 93.8 Å². The highest BCUT2D eigenvalue weighted by atomic mass is 16.5. The molecule has 5 nitrogen and oxygen atoms in total. The fourth-order valence-electron chi connectivity index (χ4n) is 3.66. The van der Waals surface area contributed by atoms with Crippen LogP contribution >= 0.6 is 0 Å². The Bertz CT molecular complexity index is 1020. The van der Waals surface area contributed by atoms with E-state index < -0.39 is 0 Å². The Kier molecular flexibility index (Phi) is 7.20. The highest BCUT2D eigenvalue weighted by Gasteiger charge is 2.21. The first-order chi connectivity index (χ1) is 14.5. The molecule has 0 bridgehead atoms. The molecule has 0 unspecified atom stereocenters. The number of amides is 1. The summed E-state index contributed by atoms with van der Waals surface area (Å²) in [5, 5.41) is 2.96. The van der Waals surface area contributed by atoms with Gasteiger partial charge in [-0.25, -0.2) is 0 Å². The van der Waals surface area contributed by atoms with E-state index >= 15 is 0 Å². The Morgan fingerprint density at radius 1 is 0.967 bits per heavy atom. The summed E-state index contributed by atoms with van der Waals surface area (Å²) in [6, 6.07) is 18.0. The first kappa shape index (κ1) is 21.5. The molecule has 0 aliphatic carbocycles. The summed E-state index contributed by atoms with van der Waals surface area (Å²) in [5.74, 6) is -0.226. The van der Waals surface area contributed by atoms with Crippen LogP contribution in [0.2, 0.25) is 0 Å². The Balaban J connectivity index is 1.60. The number of rotatable bonds is 9. The fourth-order valence-corrected chi connectivity index (χ4v) is 3.66. The topological polar surface area (TPSA) is 71.2 Å². The second-order valence-corrected chi connectivity index (χ2v) is 7.37. The average molecular weight is 405 g/mol. The standard InChI is InChI=1S/C25H28N2O3/c1-4-22-23(18(3)28)17(2)27-24(22)25(29)26-14-20-11-8-12-21(13-20)16-30-15-19-9-6-5-7-10-19/h5-13,27H,4,14-16H2,1-3H3,(H,26,29). The molecule has 3 aromatic rings. The van der Waals surface area contributed by atoms with Gasteiger partial charge in [-0.3, -0.25) is 9.59 Å². The lowest BCUT2D eigenvalue weighted by molar-refractivity contribution is 0.0945. The van der Waals surface area contributed by atoms with Gasteiger partial charge >= 0.3 is 0 Å². The van der Waals surface area contributed by atoms with Crippen LogP contribution in [-0.4, -0.2) is 16.7 Å². The number of aromatic amines is 1. The minimum absolute atomic E-state index is 0.0251. The lowest BCUT2D eigenvalue weighted by Crippen LogP contribution is -2.24. The van der Waals surface area contributed by atoms with E-state index in [9.17, 15) is 9.59 Å². The first-order valence-electron chi connectivity index (χ1n) is 10.2. The zero-order chi connectivity index (χ0) is 21.5. The van der Waals surface area contributed by atoms with Gasteiger partial charge in [0, 0.05) is 17.8 Å². The number of ether oxygens (including phenoxy) is 1. The molecule has 0 saturated heterocycles. The van der Waals surface area contributed by atoms with Crippen molar-refractivity contribution in [1.82, 2.24) is 10.3 Å². The number of carbonyl (C=O) groups is 2. The molecule has 0 atom stereocenters. The molecule has 0 spiro atoms. The van der Waals surface area contributed by atoms with Crippen LogP contribution in [-0.2, 0) is 30.9 Å². The maximum absolute atomic E-state index is 12.7. The van der Waals surface area contributed by atoms with Gasteiger partial charge in [0.15, 0.2) is 5.78 Å². The molecular weight excluding hydrogens is 376 g/mol. The third kappa shape index (κ3) is 5.24. The molecule has 2 N–H and O–H groups in total. The lowest BCUT2D eigenvalue weighted by atomic mass is 10.0. The molecule has 156 valence electrons. The lowest BCUT2D eigenvalue weighted by Gasteiger charge is -2.09. The number of hydrogen-bond donors (Lipinski definition) is 2. The summed E-state index contributed by atoms with van der Waals surface area (Å²) in [6.45, 7) is 6.78. The highest BCUT2D eigenvalue weighted by Crippen LogP contribution is 2.20. The molecule has 0 saturated carbocycles. The molecule has 0 aliphatic rings. The minimum Gasteiger partial charge on any atom is -0.372 e. The number of ketones is 1. The van der Waals surface area contributed by atoms with Crippen molar-refractivity contribution in [2.24, 2.45) is 0 Å². The van der Waals surface area contributed by atoms with Gasteiger partial charge in [-0.1, -0.05) is 61.5 Å². The van der Waals surface area contributed by atoms with E-state index in [0.29, 0.717) is 37.4 Å². The predicted molar refractivity (Wildman–Crippen MR) is 117 cm³/mol. The van der Waals surface area contributed by atoms with Crippen molar-refractivity contribution in [2.45, 2.75) is 47.0 Å². The summed E-state index contributed by atoms with van der Waals surface area (Å²) in [7, 11) is 0. The quantitative estimate of drug-likeness (QED) is 0.506. The Morgan fingerprint density at radius 3 is 2.33 bits per heavy atom. The third-order valence-corrected chi connectivity index (χ3v) is 5.05. The Hall–Kier alpha value is -3.18. The summed E-state index contributed by atoms with van der Waals surface area (Å²) < 4.78 is 5.80. The van der Waals surface area contributed by atoms with E-state index in [0.717, 1.165) is 27.9 Å². The van der Waals surface area contributed by atoms with Crippen molar-refractivity contribution in [2.75, 3.05) is 0 Å². The third-order valence-electron chi connectivity index (χ3n) is 5.05. The number of aryl methyl sites for hydroxylation is 1. The van der Waals surface area contributed by atoms with Crippen LogP contribution in [0, 0.1) is 6.92 Å². The van der Waals surface area contributed by atoms with Gasteiger partial charge in [-0.05, 0) is 42.5 Å². The molecule has 0 aliphatic heterocycles. The molecule has 3 rings (SSSR count). The van der Waals surface area contributed by atoms with E-state index in [1.54, 1.807) is 0 Å². The van der Waals surface area contributed by atoms with Crippen molar-refractivity contribution in [1.29, 1.82) is 0 Å². The van der Waals surface area contributed by atoms with Crippen LogP contribution in [0.4, 0.5) is 0 Å². The predicted octanol–water partition coefficient (Wildman–Crippen LogP) is 4.73. The second kappa shape index (κ2) is 10.0. The van der Waals surface area contributed by atoms with Gasteiger partial charge in [-0.2, -0.15) is 0 Å². The van der Waals surface area contributed by atoms with Gasteiger partial charge < -0.3 is 15.0 Å². The van der Waals surface area contributed by atoms with Crippen LogP contribution < -0.4 is 5.32 Å². The minimum atomic E-state index is -0.201. The van der Waals surface area contributed by atoms with Crippen LogP contribution in [0.15, 0.2) is 54.6 Å². The number of Topliss-reactive ketones (excluding diaryl/α,β-unsaturated/α-hetero) is 1. The van der Waals surface area contributed by atoms with Crippen molar-refractivity contribution >= 4 is 11.7 Å². The van der Waals surface area contributed by atoms with Crippen molar-refractivity contribution < 1.29 is 14.3 Å². The van der Waals surface area contributed by atoms with Gasteiger partial charge in [-0.15, -0.1) is 0 Å². The summed E-state index contributed by atoms with van der Waals surface area (Å²) in [6.07, 6.45) is 0.621. The van der Waals surface area contributed by atoms with Crippen LogP contribution in [0.25, 0.3) is 0 Å². The molecule has 0 fully saturated rings. The number of carbonyl (C=O) groups excluding carboxylic acids is 2. The number of aromatic nitrogens is 1. The largest absolute Gasteiger partial charge is 0.372 e. The molecule has 1 amide bonds. The SMILES string of the molecule is CCc1c(C(=O)NCc2cccc(COCc3ccccc3)c2)[nH]c(C)c1C(C)=O. The summed E-state index contributed by atoms with van der Waals surface area (Å²) in [5.41, 5.74) is 5.81. The molecule has 5 heteroatoms. The Labute approximate surface area is 177 Å². The van der Waals surface area contributed by atoms with Gasteiger partial charge in [0.25, 0.3) is 5.91 Å². The smallest absolute Gasteiger partial charge is 0.268 e. The fraction of sp³-hybridized carbons (Fsp3) is 0.280. The number of benzene rings is 2. The summed E-state index contributed by atoms with van der Waals surface area (Å²) >= 11 is 0. The van der Waals surface area contributed by atoms with Gasteiger partial charge in [0.1, 0.15) is 5.69 Å². The Morgan fingerprint density at radius 2 is 1.63 bits per heavy atom. The maximum Gasteiger partial charge on any atom is 0.268 e. The first-order valence-corrected chi connectivity index (χ1v) is 10.2. The zero-order valence-electron chi connectivity index (χ0n) is 17.7. The molecule has 30 heavy (non-hydrogen) atoms. The van der Waals surface area contributed by atoms with Gasteiger partial charge in [0.2, 0.25) is 0 Å². The van der Waals surface area contributed by atoms with Crippen LogP contribution in [0.5, 0.6) is 0 Å². The molecule has 1 heterocycles. The molecule has 2 aromatic carbocycles. The normalized spacial score (nSPS) is 10.8. The zero-order valence-corrected chi connectivity index (χ0v) is 17.7. The van der Waals surface area contributed by atoms with E-state index in [2.05, 4.69) is 10.3 Å². The van der Waals surface area contributed by atoms with Crippen molar-refractivity contribution in [3.8, 4) is 0 Å². The number of H-pyrrole nitrogens is 1. The van der Waals surface area contributed by atoms with Crippen LogP contribution in [0.1, 0.15) is 62.6 Å². The van der Waals surface area contributed by atoms with Crippen molar-refractivity contribution in [3.63, 3.8) is 0 Å². The molecule has 0 radical (unpaired) electrons. The molecular formula is C25H28N2O3. The van der Waals surface area contributed by atoms with Gasteiger partial charge in [0.05, 0.1) is 13.2 Å². The van der Waals surface area contributed by atoms with E-state index in [-0.39, 0.29) is 11.7 Å². The number of hydrogen-bond acceptors (Lipinski definition) is 3. The van der Waals surface area contributed by atoms with E-state index in [4.69, 9.17) is 4.74 Å². The second-order valence-electron chi connectivity index (χ2n) is 7.37. The van der Waals surface area contributed by atoms with E-state index in [1.807, 2.05) is 68.4 Å². The average Bonchev–Trinajstić information content (AvgIpc) is 3.09. The maximum atomic E-state index is 12.7. The van der Waals surface area contributed by atoms with Crippen LogP contribution in [0.3, 0.4) is 0 Å². The summed E-state index contributed by atoms with van der Waals surface area (Å²) in [4.78, 5) is 27.7. The van der Waals surface area contributed by atoms with E-state index in [1.165, 1.54) is 6.92 Å².